The summed E-state index contributed by atoms with van der Waals surface area (Å²) in [6.07, 6.45) is 0. The summed E-state index contributed by atoms with van der Waals surface area (Å²) in [7, 11) is 1.56. The maximum Gasteiger partial charge on any atom is 0.188 e. The van der Waals surface area contributed by atoms with Crippen molar-refractivity contribution in [2.75, 3.05) is 13.9 Å². The van der Waals surface area contributed by atoms with E-state index in [2.05, 4.69) is 31.9 Å². The molecular formula is C8H7Br2ClO2. The number of methoxy groups -OCH3 is 1. The zero-order valence-corrected chi connectivity index (χ0v) is 10.7. The summed E-state index contributed by atoms with van der Waals surface area (Å²) in [5.74, 6) is 0.654. The van der Waals surface area contributed by atoms with Gasteiger partial charge >= 0.3 is 0 Å². The number of halogens is 3. The lowest BCUT2D eigenvalue weighted by molar-refractivity contribution is 0.0505. The van der Waals surface area contributed by atoms with Crippen LogP contribution in [0, 0.1) is 0 Å². The highest BCUT2D eigenvalue weighted by Gasteiger charge is 2.06. The van der Waals surface area contributed by atoms with Crippen LogP contribution in [-0.4, -0.2) is 13.9 Å². The smallest absolute Gasteiger partial charge is 0.188 e. The Bertz CT molecular complexity index is 304. The van der Waals surface area contributed by atoms with E-state index in [4.69, 9.17) is 21.1 Å². The normalized spacial score (nSPS) is 10.2. The van der Waals surface area contributed by atoms with Gasteiger partial charge < -0.3 is 9.47 Å². The predicted octanol–water partition coefficient (Wildman–Crippen LogP) is 3.85. The molecule has 1 aromatic rings. The Kier molecular flexibility index (Phi) is 4.52. The Labute approximate surface area is 98.4 Å². The topological polar surface area (TPSA) is 18.5 Å². The first-order chi connectivity index (χ1) is 6.15. The van der Waals surface area contributed by atoms with E-state index in [0.717, 1.165) is 8.95 Å². The SMILES string of the molecule is COCOc1cc(Cl)cc(Br)c1Br. The second kappa shape index (κ2) is 5.20. The minimum Gasteiger partial charge on any atom is -0.466 e. The van der Waals surface area contributed by atoms with Crippen molar-refractivity contribution in [1.82, 2.24) is 0 Å². The molecule has 0 unspecified atom stereocenters. The summed E-state index contributed by atoms with van der Waals surface area (Å²) in [6.45, 7) is 0.200. The van der Waals surface area contributed by atoms with Crippen LogP contribution in [0.1, 0.15) is 0 Å². The van der Waals surface area contributed by atoms with Crippen molar-refractivity contribution >= 4 is 43.5 Å². The molecule has 0 spiro atoms. The zero-order valence-electron chi connectivity index (χ0n) is 6.81. The fourth-order valence-electron chi connectivity index (χ4n) is 0.760. The molecule has 1 aromatic carbocycles. The molecule has 0 fully saturated rings. The molecule has 0 aliphatic rings. The quantitative estimate of drug-likeness (QED) is 0.619. The van der Waals surface area contributed by atoms with Gasteiger partial charge in [0, 0.05) is 22.7 Å². The van der Waals surface area contributed by atoms with Gasteiger partial charge in [-0.2, -0.15) is 0 Å². The molecule has 0 aromatic heterocycles. The van der Waals surface area contributed by atoms with Gasteiger partial charge in [-0.05, 0) is 37.9 Å². The molecule has 1 rings (SSSR count). The molecule has 0 N–H and O–H groups in total. The van der Waals surface area contributed by atoms with Crippen LogP contribution in [-0.2, 0) is 4.74 Å². The third kappa shape index (κ3) is 3.13. The molecule has 0 saturated carbocycles. The lowest BCUT2D eigenvalue weighted by Crippen LogP contribution is -1.99. The van der Waals surface area contributed by atoms with Crippen LogP contribution < -0.4 is 4.74 Å². The first-order valence-electron chi connectivity index (χ1n) is 3.41. The van der Waals surface area contributed by atoms with Gasteiger partial charge in [-0.3, -0.25) is 0 Å². The molecule has 0 saturated heterocycles. The molecule has 0 bridgehead atoms. The molecule has 5 heteroatoms. The molecule has 2 nitrogen and oxygen atoms in total. The highest BCUT2D eigenvalue weighted by atomic mass is 79.9. The highest BCUT2D eigenvalue weighted by Crippen LogP contribution is 2.35. The number of ether oxygens (including phenoxy) is 2. The van der Waals surface area contributed by atoms with E-state index in [9.17, 15) is 0 Å². The van der Waals surface area contributed by atoms with Gasteiger partial charge in [0.2, 0.25) is 0 Å². The summed E-state index contributed by atoms with van der Waals surface area (Å²) in [5.41, 5.74) is 0. The van der Waals surface area contributed by atoms with Crippen molar-refractivity contribution in [3.05, 3.63) is 26.1 Å². The van der Waals surface area contributed by atoms with Crippen LogP contribution in [0.15, 0.2) is 21.1 Å². The number of hydrogen-bond donors (Lipinski definition) is 0. The number of benzene rings is 1. The Hall–Kier alpha value is 0.230. The molecule has 0 aliphatic heterocycles. The van der Waals surface area contributed by atoms with Gasteiger partial charge in [-0.25, -0.2) is 0 Å². The third-order valence-electron chi connectivity index (χ3n) is 1.29. The first kappa shape index (κ1) is 11.3. The third-order valence-corrected chi connectivity index (χ3v) is 3.49. The van der Waals surface area contributed by atoms with Crippen LogP contribution in [0.3, 0.4) is 0 Å². The Balaban J connectivity index is 2.92. The molecule has 13 heavy (non-hydrogen) atoms. The standard InChI is InChI=1S/C8H7Br2ClO2/c1-12-4-13-7-3-5(11)2-6(9)8(7)10/h2-3H,4H2,1H3. The molecule has 0 radical (unpaired) electrons. The van der Waals surface area contributed by atoms with Crippen LogP contribution in [0.25, 0.3) is 0 Å². The molecule has 0 atom stereocenters. The van der Waals surface area contributed by atoms with Crippen molar-refractivity contribution in [1.29, 1.82) is 0 Å². The molecular weight excluding hydrogens is 323 g/mol. The molecule has 0 heterocycles. The molecule has 72 valence electrons. The minimum atomic E-state index is 0.200. The average Bonchev–Trinajstić information content (AvgIpc) is 2.09. The van der Waals surface area contributed by atoms with Gasteiger partial charge in [-0.1, -0.05) is 11.6 Å². The van der Waals surface area contributed by atoms with Gasteiger partial charge in [-0.15, -0.1) is 0 Å². The van der Waals surface area contributed by atoms with E-state index in [0.29, 0.717) is 10.8 Å². The lowest BCUT2D eigenvalue weighted by atomic mass is 10.3. The summed E-state index contributed by atoms with van der Waals surface area (Å²) in [4.78, 5) is 0. The van der Waals surface area contributed by atoms with E-state index in [1.807, 2.05) is 0 Å². The van der Waals surface area contributed by atoms with Crippen LogP contribution in [0.5, 0.6) is 5.75 Å². The van der Waals surface area contributed by atoms with Crippen molar-refractivity contribution in [3.63, 3.8) is 0 Å². The van der Waals surface area contributed by atoms with Gasteiger partial charge in [0.05, 0.1) is 4.47 Å². The van der Waals surface area contributed by atoms with E-state index in [1.54, 1.807) is 19.2 Å². The van der Waals surface area contributed by atoms with Gasteiger partial charge in [0.15, 0.2) is 6.79 Å². The van der Waals surface area contributed by atoms with Gasteiger partial charge in [0.25, 0.3) is 0 Å². The second-order valence-electron chi connectivity index (χ2n) is 2.25. The zero-order chi connectivity index (χ0) is 9.84. The van der Waals surface area contributed by atoms with E-state index >= 15 is 0 Å². The summed E-state index contributed by atoms with van der Waals surface area (Å²) < 4.78 is 11.7. The van der Waals surface area contributed by atoms with Crippen LogP contribution in [0.2, 0.25) is 5.02 Å². The second-order valence-corrected chi connectivity index (χ2v) is 4.33. The number of rotatable bonds is 3. The predicted molar refractivity (Wildman–Crippen MR) is 59.4 cm³/mol. The van der Waals surface area contributed by atoms with E-state index < -0.39 is 0 Å². The lowest BCUT2D eigenvalue weighted by Gasteiger charge is -2.08. The highest BCUT2D eigenvalue weighted by molar-refractivity contribution is 9.13. The monoisotopic (exact) mass is 328 g/mol. The molecule has 0 amide bonds. The average molecular weight is 330 g/mol. The van der Waals surface area contributed by atoms with Crippen LogP contribution >= 0.6 is 43.5 Å². The summed E-state index contributed by atoms with van der Waals surface area (Å²) in [5, 5.41) is 0.612. The van der Waals surface area contributed by atoms with E-state index in [1.165, 1.54) is 0 Å². The summed E-state index contributed by atoms with van der Waals surface area (Å²) >= 11 is 12.5. The first-order valence-corrected chi connectivity index (χ1v) is 5.38. The maximum absolute atomic E-state index is 5.83. The van der Waals surface area contributed by atoms with Crippen molar-refractivity contribution in [3.8, 4) is 5.75 Å². The fourth-order valence-corrected chi connectivity index (χ4v) is 1.89. The molecule has 0 aliphatic carbocycles. The van der Waals surface area contributed by atoms with Gasteiger partial charge in [0.1, 0.15) is 5.75 Å². The fraction of sp³-hybridized carbons (Fsp3) is 0.250. The minimum absolute atomic E-state index is 0.200. The Morgan fingerprint density at radius 2 is 2.08 bits per heavy atom. The largest absolute Gasteiger partial charge is 0.466 e. The van der Waals surface area contributed by atoms with Crippen LogP contribution in [0.4, 0.5) is 0 Å². The van der Waals surface area contributed by atoms with Crippen molar-refractivity contribution < 1.29 is 9.47 Å². The Morgan fingerprint density at radius 3 is 2.69 bits per heavy atom. The van der Waals surface area contributed by atoms with Crippen molar-refractivity contribution in [2.45, 2.75) is 0 Å². The van der Waals surface area contributed by atoms with E-state index in [-0.39, 0.29) is 6.79 Å². The van der Waals surface area contributed by atoms with Crippen molar-refractivity contribution in [2.24, 2.45) is 0 Å². The Morgan fingerprint density at radius 1 is 1.38 bits per heavy atom. The summed E-state index contributed by atoms with van der Waals surface area (Å²) in [6, 6.07) is 3.50. The number of hydrogen-bond acceptors (Lipinski definition) is 2. The maximum atomic E-state index is 5.83.